The number of thiophene rings is 1. The average molecular weight is 275 g/mol. The largest absolute Gasteiger partial charge is 0.353 e. The lowest BCUT2D eigenvalue weighted by Gasteiger charge is -2.37. The van der Waals surface area contributed by atoms with E-state index in [9.17, 15) is 0 Å². The SMILES string of the molecule is CNCCC1CCCCN1c1nccc2sccc12. The summed E-state index contributed by atoms with van der Waals surface area (Å²) in [5, 5.41) is 6.77. The van der Waals surface area contributed by atoms with Crippen LogP contribution in [0.25, 0.3) is 10.1 Å². The average Bonchev–Trinajstić information content (AvgIpc) is 2.94. The number of rotatable bonds is 4. The lowest BCUT2D eigenvalue weighted by Crippen LogP contribution is -2.41. The smallest absolute Gasteiger partial charge is 0.137 e. The van der Waals surface area contributed by atoms with E-state index in [1.54, 1.807) is 11.3 Å². The molecule has 3 rings (SSSR count). The van der Waals surface area contributed by atoms with Crippen molar-refractivity contribution in [3.63, 3.8) is 0 Å². The van der Waals surface area contributed by atoms with E-state index in [0.717, 1.165) is 13.1 Å². The third-order valence-corrected chi connectivity index (χ3v) is 4.87. The third kappa shape index (κ3) is 2.60. The lowest BCUT2D eigenvalue weighted by molar-refractivity contribution is 0.431. The van der Waals surface area contributed by atoms with Gasteiger partial charge in [0.05, 0.1) is 0 Å². The number of aromatic nitrogens is 1. The van der Waals surface area contributed by atoms with Gasteiger partial charge >= 0.3 is 0 Å². The number of hydrogen-bond donors (Lipinski definition) is 1. The predicted molar refractivity (Wildman–Crippen MR) is 83.1 cm³/mol. The molecule has 1 saturated heterocycles. The van der Waals surface area contributed by atoms with Gasteiger partial charge in [0, 0.05) is 28.9 Å². The first kappa shape index (κ1) is 12.9. The molecule has 0 spiro atoms. The Morgan fingerprint density at radius 1 is 1.42 bits per heavy atom. The first-order valence-electron chi connectivity index (χ1n) is 7.13. The number of fused-ring (bicyclic) bond motifs is 1. The van der Waals surface area contributed by atoms with Crippen molar-refractivity contribution in [3.05, 3.63) is 23.7 Å². The highest BCUT2D eigenvalue weighted by molar-refractivity contribution is 7.17. The second kappa shape index (κ2) is 5.88. The van der Waals surface area contributed by atoms with Crippen molar-refractivity contribution >= 4 is 27.2 Å². The first-order valence-corrected chi connectivity index (χ1v) is 8.01. The molecule has 1 fully saturated rings. The number of piperidine rings is 1. The van der Waals surface area contributed by atoms with Crippen LogP contribution in [-0.2, 0) is 0 Å². The Hall–Kier alpha value is -1.13. The minimum absolute atomic E-state index is 0.638. The zero-order valence-electron chi connectivity index (χ0n) is 11.4. The van der Waals surface area contributed by atoms with E-state index < -0.39 is 0 Å². The Bertz CT molecular complexity index is 537. The molecule has 1 N–H and O–H groups in total. The van der Waals surface area contributed by atoms with Crippen LogP contribution >= 0.6 is 11.3 Å². The van der Waals surface area contributed by atoms with Crippen LogP contribution in [0.15, 0.2) is 23.7 Å². The number of nitrogens with one attached hydrogen (secondary N) is 1. The molecule has 0 amide bonds. The standard InChI is InChI=1S/C15H21N3S/c1-16-8-5-12-4-2-3-10-18(12)15-13-7-11-19-14(13)6-9-17-15/h6-7,9,11-12,16H,2-5,8,10H2,1H3. The lowest BCUT2D eigenvalue weighted by atomic mass is 9.99. The van der Waals surface area contributed by atoms with E-state index in [0.29, 0.717) is 6.04 Å². The van der Waals surface area contributed by atoms with Crippen molar-refractivity contribution < 1.29 is 0 Å². The molecule has 0 radical (unpaired) electrons. The molecule has 3 nitrogen and oxygen atoms in total. The van der Waals surface area contributed by atoms with Crippen molar-refractivity contribution in [1.29, 1.82) is 0 Å². The summed E-state index contributed by atoms with van der Waals surface area (Å²) in [5.74, 6) is 1.19. The van der Waals surface area contributed by atoms with Crippen LogP contribution < -0.4 is 10.2 Å². The molecule has 4 heteroatoms. The van der Waals surface area contributed by atoms with Gasteiger partial charge in [-0.15, -0.1) is 11.3 Å². The summed E-state index contributed by atoms with van der Waals surface area (Å²) in [4.78, 5) is 7.21. The molecule has 1 aliphatic heterocycles. The van der Waals surface area contributed by atoms with Gasteiger partial charge in [-0.05, 0) is 56.8 Å². The summed E-state index contributed by atoms with van der Waals surface area (Å²) in [6.07, 6.45) is 7.10. The number of hydrogen-bond acceptors (Lipinski definition) is 4. The quantitative estimate of drug-likeness (QED) is 0.928. The van der Waals surface area contributed by atoms with Crippen LogP contribution in [0.4, 0.5) is 5.82 Å². The van der Waals surface area contributed by atoms with Gasteiger partial charge in [-0.2, -0.15) is 0 Å². The van der Waals surface area contributed by atoms with Crippen molar-refractivity contribution in [1.82, 2.24) is 10.3 Å². The first-order chi connectivity index (χ1) is 9.40. The van der Waals surface area contributed by atoms with Crippen molar-refractivity contribution in [2.45, 2.75) is 31.7 Å². The molecular formula is C15H21N3S. The zero-order valence-corrected chi connectivity index (χ0v) is 12.2. The normalized spacial score (nSPS) is 20.1. The van der Waals surface area contributed by atoms with Crippen LogP contribution in [0.3, 0.4) is 0 Å². The molecule has 19 heavy (non-hydrogen) atoms. The Kier molecular flexibility index (Phi) is 3.99. The summed E-state index contributed by atoms with van der Waals surface area (Å²) < 4.78 is 1.35. The minimum atomic E-state index is 0.638. The third-order valence-electron chi connectivity index (χ3n) is 3.99. The summed E-state index contributed by atoms with van der Waals surface area (Å²) >= 11 is 1.81. The summed E-state index contributed by atoms with van der Waals surface area (Å²) in [6.45, 7) is 2.23. The summed E-state index contributed by atoms with van der Waals surface area (Å²) in [6, 6.07) is 4.97. The molecule has 1 aliphatic rings. The van der Waals surface area contributed by atoms with Gasteiger partial charge in [0.15, 0.2) is 0 Å². The molecule has 2 aromatic rings. The van der Waals surface area contributed by atoms with Crippen LogP contribution in [0.5, 0.6) is 0 Å². The molecule has 1 atom stereocenters. The highest BCUT2D eigenvalue weighted by atomic mass is 32.1. The van der Waals surface area contributed by atoms with Crippen molar-refractivity contribution in [2.24, 2.45) is 0 Å². The van der Waals surface area contributed by atoms with E-state index in [4.69, 9.17) is 0 Å². The fraction of sp³-hybridized carbons (Fsp3) is 0.533. The number of anilines is 1. The van der Waals surface area contributed by atoms with Gasteiger partial charge in [-0.3, -0.25) is 0 Å². The predicted octanol–water partition coefficient (Wildman–Crippen LogP) is 3.26. The second-order valence-electron chi connectivity index (χ2n) is 5.20. The maximum atomic E-state index is 4.67. The highest BCUT2D eigenvalue weighted by Gasteiger charge is 2.24. The van der Waals surface area contributed by atoms with Crippen molar-refractivity contribution in [2.75, 3.05) is 25.0 Å². The molecule has 0 aromatic carbocycles. The molecule has 0 bridgehead atoms. The van der Waals surface area contributed by atoms with Gasteiger partial charge in [0.25, 0.3) is 0 Å². The summed E-state index contributed by atoms with van der Waals surface area (Å²) in [5.41, 5.74) is 0. The van der Waals surface area contributed by atoms with Gasteiger partial charge in [0.2, 0.25) is 0 Å². The fourth-order valence-electron chi connectivity index (χ4n) is 3.00. The number of pyridine rings is 1. The summed E-state index contributed by atoms with van der Waals surface area (Å²) in [7, 11) is 2.03. The Labute approximate surface area is 118 Å². The fourth-order valence-corrected chi connectivity index (χ4v) is 3.78. The molecule has 0 saturated carbocycles. The van der Waals surface area contributed by atoms with Crippen LogP contribution in [-0.4, -0.2) is 31.2 Å². The molecule has 2 aromatic heterocycles. The Morgan fingerprint density at radius 3 is 3.26 bits per heavy atom. The zero-order chi connectivity index (χ0) is 13.1. The highest BCUT2D eigenvalue weighted by Crippen LogP contribution is 2.32. The van der Waals surface area contributed by atoms with Gasteiger partial charge in [0.1, 0.15) is 5.82 Å². The van der Waals surface area contributed by atoms with Crippen molar-refractivity contribution in [3.8, 4) is 0 Å². The maximum absolute atomic E-state index is 4.67. The number of nitrogens with zero attached hydrogens (tertiary/aromatic N) is 2. The van der Waals surface area contributed by atoms with E-state index in [1.807, 2.05) is 13.2 Å². The van der Waals surface area contributed by atoms with E-state index in [-0.39, 0.29) is 0 Å². The van der Waals surface area contributed by atoms with Gasteiger partial charge < -0.3 is 10.2 Å². The second-order valence-corrected chi connectivity index (χ2v) is 6.15. The Morgan fingerprint density at radius 2 is 2.37 bits per heavy atom. The molecule has 102 valence electrons. The van der Waals surface area contributed by atoms with E-state index >= 15 is 0 Å². The Balaban J connectivity index is 1.91. The molecule has 1 unspecified atom stereocenters. The monoisotopic (exact) mass is 275 g/mol. The van der Waals surface area contributed by atoms with Gasteiger partial charge in [-0.1, -0.05) is 0 Å². The topological polar surface area (TPSA) is 28.2 Å². The van der Waals surface area contributed by atoms with E-state index in [2.05, 4.69) is 32.7 Å². The molecule has 0 aliphatic carbocycles. The minimum Gasteiger partial charge on any atom is -0.353 e. The van der Waals surface area contributed by atoms with E-state index in [1.165, 1.54) is 41.6 Å². The van der Waals surface area contributed by atoms with Crippen LogP contribution in [0.2, 0.25) is 0 Å². The van der Waals surface area contributed by atoms with Crippen LogP contribution in [0.1, 0.15) is 25.7 Å². The molecular weight excluding hydrogens is 254 g/mol. The van der Waals surface area contributed by atoms with Gasteiger partial charge in [-0.25, -0.2) is 4.98 Å². The van der Waals surface area contributed by atoms with Crippen LogP contribution in [0, 0.1) is 0 Å². The maximum Gasteiger partial charge on any atom is 0.137 e. The molecule has 3 heterocycles.